The highest BCUT2D eigenvalue weighted by molar-refractivity contribution is 5.98. The van der Waals surface area contributed by atoms with Crippen LogP contribution in [-0.2, 0) is 6.54 Å². The molecule has 5 heterocycles. The number of pyridine rings is 2. The molecule has 0 amide bonds. The van der Waals surface area contributed by atoms with Crippen molar-refractivity contribution in [1.82, 2.24) is 29.9 Å². The van der Waals surface area contributed by atoms with E-state index < -0.39 is 0 Å². The van der Waals surface area contributed by atoms with Gasteiger partial charge in [0.2, 0.25) is 5.88 Å². The van der Waals surface area contributed by atoms with Crippen LogP contribution in [0.1, 0.15) is 19.0 Å². The van der Waals surface area contributed by atoms with Gasteiger partial charge in [-0.05, 0) is 32.0 Å². The SMILES string of the molecule is Cc1cc(-c2c(-c3ccc(F)cn3)nn3c2O[C@@H](C)CC3)c2cn[nH]c2n1. The lowest BCUT2D eigenvalue weighted by Crippen LogP contribution is -2.23. The maximum atomic E-state index is 13.4. The number of halogens is 1. The summed E-state index contributed by atoms with van der Waals surface area (Å²) in [6, 6.07) is 5.02. The van der Waals surface area contributed by atoms with Crippen molar-refractivity contribution in [1.29, 1.82) is 0 Å². The first-order valence-corrected chi connectivity index (χ1v) is 8.80. The van der Waals surface area contributed by atoms with Gasteiger partial charge in [-0.25, -0.2) is 14.1 Å². The molecule has 1 N–H and O–H groups in total. The van der Waals surface area contributed by atoms with Crippen molar-refractivity contribution in [2.75, 3.05) is 0 Å². The first kappa shape index (κ1) is 15.9. The number of aromatic amines is 1. The Balaban J connectivity index is 1.83. The van der Waals surface area contributed by atoms with Crippen molar-refractivity contribution in [3.05, 3.63) is 42.1 Å². The molecule has 7 nitrogen and oxygen atoms in total. The number of rotatable bonds is 2. The van der Waals surface area contributed by atoms with Crippen LogP contribution in [0.25, 0.3) is 33.5 Å². The van der Waals surface area contributed by atoms with Crippen molar-refractivity contribution in [2.45, 2.75) is 32.9 Å². The third-order valence-corrected chi connectivity index (χ3v) is 4.76. The Morgan fingerprint density at radius 3 is 3.00 bits per heavy atom. The average molecular weight is 364 g/mol. The molecular formula is C19H17FN6O. The highest BCUT2D eigenvalue weighted by atomic mass is 19.1. The van der Waals surface area contributed by atoms with Crippen LogP contribution in [0.2, 0.25) is 0 Å². The second-order valence-electron chi connectivity index (χ2n) is 6.77. The van der Waals surface area contributed by atoms with Crippen LogP contribution < -0.4 is 4.74 Å². The lowest BCUT2D eigenvalue weighted by molar-refractivity contribution is 0.150. The van der Waals surface area contributed by atoms with E-state index in [1.165, 1.54) is 12.3 Å². The maximum Gasteiger partial charge on any atom is 0.220 e. The van der Waals surface area contributed by atoms with E-state index in [0.717, 1.165) is 35.2 Å². The molecule has 4 aromatic heterocycles. The van der Waals surface area contributed by atoms with Crippen molar-refractivity contribution >= 4 is 11.0 Å². The van der Waals surface area contributed by atoms with E-state index in [-0.39, 0.29) is 11.9 Å². The molecule has 1 aliphatic rings. The molecule has 4 aromatic rings. The van der Waals surface area contributed by atoms with E-state index in [9.17, 15) is 4.39 Å². The Morgan fingerprint density at radius 1 is 1.30 bits per heavy atom. The number of aryl methyl sites for hydroxylation is 2. The second-order valence-corrected chi connectivity index (χ2v) is 6.77. The molecule has 5 rings (SSSR count). The number of ether oxygens (including phenoxy) is 1. The number of nitrogens with one attached hydrogen (secondary N) is 1. The molecule has 0 spiro atoms. The summed E-state index contributed by atoms with van der Waals surface area (Å²) in [5, 5.41) is 12.7. The molecule has 0 bridgehead atoms. The number of aromatic nitrogens is 6. The minimum Gasteiger partial charge on any atom is -0.474 e. The van der Waals surface area contributed by atoms with Gasteiger partial charge in [0.15, 0.2) is 5.65 Å². The van der Waals surface area contributed by atoms with E-state index >= 15 is 0 Å². The molecule has 0 saturated carbocycles. The summed E-state index contributed by atoms with van der Waals surface area (Å²) < 4.78 is 21.4. The Labute approximate surface area is 154 Å². The van der Waals surface area contributed by atoms with Crippen LogP contribution in [0, 0.1) is 12.7 Å². The predicted octanol–water partition coefficient (Wildman–Crippen LogP) is 3.50. The van der Waals surface area contributed by atoms with Crippen LogP contribution in [0.5, 0.6) is 5.88 Å². The van der Waals surface area contributed by atoms with Crippen molar-refractivity contribution in [3.63, 3.8) is 0 Å². The summed E-state index contributed by atoms with van der Waals surface area (Å²) in [6.45, 7) is 4.73. The van der Waals surface area contributed by atoms with Crippen molar-refractivity contribution < 1.29 is 9.13 Å². The molecule has 1 aliphatic heterocycles. The fourth-order valence-electron chi connectivity index (χ4n) is 3.47. The standard InChI is InChI=1S/C19H17FN6O/c1-10-7-13(14-9-22-24-18(14)23-10)16-17(15-4-3-12(20)8-21-15)25-26-6-5-11(2)27-19(16)26/h3-4,7-9,11H,5-6H2,1-2H3,(H,22,23,24)/t11-/m0/s1. The van der Waals surface area contributed by atoms with Gasteiger partial charge in [-0.15, -0.1) is 0 Å². The summed E-state index contributed by atoms with van der Waals surface area (Å²) in [7, 11) is 0. The number of fused-ring (bicyclic) bond motifs is 2. The topological polar surface area (TPSA) is 81.5 Å². The van der Waals surface area contributed by atoms with Gasteiger partial charge in [0.1, 0.15) is 11.5 Å². The van der Waals surface area contributed by atoms with E-state index in [1.807, 2.05) is 24.6 Å². The van der Waals surface area contributed by atoms with Gasteiger partial charge in [0.25, 0.3) is 0 Å². The monoisotopic (exact) mass is 364 g/mol. The van der Waals surface area contributed by atoms with Crippen LogP contribution >= 0.6 is 0 Å². The number of H-pyrrole nitrogens is 1. The molecule has 0 unspecified atom stereocenters. The molecule has 136 valence electrons. The van der Waals surface area contributed by atoms with Gasteiger partial charge in [0.05, 0.1) is 29.8 Å². The quantitative estimate of drug-likeness (QED) is 0.589. The van der Waals surface area contributed by atoms with Crippen LogP contribution in [-0.4, -0.2) is 36.0 Å². The molecule has 0 aliphatic carbocycles. The van der Waals surface area contributed by atoms with E-state index in [1.54, 1.807) is 12.3 Å². The van der Waals surface area contributed by atoms with Crippen LogP contribution in [0.4, 0.5) is 4.39 Å². The predicted molar refractivity (Wildman–Crippen MR) is 97.7 cm³/mol. The van der Waals surface area contributed by atoms with Crippen molar-refractivity contribution in [3.8, 4) is 28.4 Å². The Bertz CT molecular complexity index is 1150. The van der Waals surface area contributed by atoms with Gasteiger partial charge in [-0.2, -0.15) is 10.2 Å². The minimum atomic E-state index is -0.383. The first-order valence-electron chi connectivity index (χ1n) is 8.80. The molecule has 8 heteroatoms. The van der Waals surface area contributed by atoms with Crippen LogP contribution in [0.15, 0.2) is 30.6 Å². The summed E-state index contributed by atoms with van der Waals surface area (Å²) in [5.41, 5.74) is 4.55. The molecular weight excluding hydrogens is 347 g/mol. The summed E-state index contributed by atoms with van der Waals surface area (Å²) in [6.07, 6.45) is 3.91. The van der Waals surface area contributed by atoms with Gasteiger partial charge < -0.3 is 4.74 Å². The zero-order valence-corrected chi connectivity index (χ0v) is 14.9. The van der Waals surface area contributed by atoms with E-state index in [0.29, 0.717) is 22.9 Å². The Hall–Kier alpha value is -3.29. The molecule has 0 radical (unpaired) electrons. The highest BCUT2D eigenvalue weighted by Crippen LogP contribution is 2.43. The number of hydrogen-bond donors (Lipinski definition) is 1. The lowest BCUT2D eigenvalue weighted by atomic mass is 10.0. The zero-order valence-electron chi connectivity index (χ0n) is 14.9. The molecule has 0 saturated heterocycles. The first-order chi connectivity index (χ1) is 13.1. The number of hydrogen-bond acceptors (Lipinski definition) is 5. The van der Waals surface area contributed by atoms with Gasteiger partial charge in [0, 0.05) is 29.6 Å². The average Bonchev–Trinajstić information content (AvgIpc) is 3.25. The number of nitrogens with zero attached hydrogens (tertiary/aromatic N) is 5. The van der Waals surface area contributed by atoms with Gasteiger partial charge in [-0.1, -0.05) is 0 Å². The molecule has 0 aromatic carbocycles. The summed E-state index contributed by atoms with van der Waals surface area (Å²) >= 11 is 0. The highest BCUT2D eigenvalue weighted by Gasteiger charge is 2.29. The van der Waals surface area contributed by atoms with Crippen LogP contribution in [0.3, 0.4) is 0 Å². The lowest BCUT2D eigenvalue weighted by Gasteiger charge is -2.22. The summed E-state index contributed by atoms with van der Waals surface area (Å²) in [4.78, 5) is 8.74. The third-order valence-electron chi connectivity index (χ3n) is 4.76. The fourth-order valence-corrected chi connectivity index (χ4v) is 3.47. The zero-order chi connectivity index (χ0) is 18.5. The fraction of sp³-hybridized carbons (Fsp3) is 0.263. The summed E-state index contributed by atoms with van der Waals surface area (Å²) in [5.74, 6) is 0.314. The van der Waals surface area contributed by atoms with Crippen molar-refractivity contribution in [2.24, 2.45) is 0 Å². The van der Waals surface area contributed by atoms with E-state index in [2.05, 4.69) is 20.2 Å². The largest absolute Gasteiger partial charge is 0.474 e. The Morgan fingerprint density at radius 2 is 2.19 bits per heavy atom. The molecule has 1 atom stereocenters. The Kier molecular flexibility index (Phi) is 3.46. The third kappa shape index (κ3) is 2.56. The smallest absolute Gasteiger partial charge is 0.220 e. The molecule has 27 heavy (non-hydrogen) atoms. The molecule has 0 fully saturated rings. The van der Waals surface area contributed by atoms with E-state index in [4.69, 9.17) is 9.84 Å². The normalized spacial score (nSPS) is 16.3. The maximum absolute atomic E-state index is 13.4. The van der Waals surface area contributed by atoms with Gasteiger partial charge >= 0.3 is 0 Å². The second kappa shape index (κ2) is 5.87. The minimum absolute atomic E-state index is 0.0877. The van der Waals surface area contributed by atoms with Gasteiger partial charge in [-0.3, -0.25) is 10.1 Å².